The second kappa shape index (κ2) is 6.53. The van der Waals surface area contributed by atoms with Crippen LogP contribution in [0.4, 0.5) is 0 Å². The van der Waals surface area contributed by atoms with Gasteiger partial charge in [-0.25, -0.2) is 0 Å². The summed E-state index contributed by atoms with van der Waals surface area (Å²) >= 11 is 1.78. The van der Waals surface area contributed by atoms with E-state index >= 15 is 0 Å². The zero-order chi connectivity index (χ0) is 12.1. The van der Waals surface area contributed by atoms with E-state index in [1.165, 1.54) is 42.5 Å². The smallest absolute Gasteiger partial charge is 0.111 e. The van der Waals surface area contributed by atoms with Gasteiger partial charge in [0.2, 0.25) is 0 Å². The fourth-order valence-electron chi connectivity index (χ4n) is 2.28. The Hall–Kier alpha value is -0.380. The Balaban J connectivity index is 1.96. The van der Waals surface area contributed by atoms with Gasteiger partial charge in [0.05, 0.1) is 6.61 Å². The molecule has 0 amide bonds. The van der Waals surface area contributed by atoms with Crippen LogP contribution in [0.1, 0.15) is 54.0 Å². The lowest BCUT2D eigenvalue weighted by molar-refractivity contribution is 0.0381. The molecule has 3 heteroatoms. The minimum Gasteiger partial charge on any atom is -0.385 e. The first-order chi connectivity index (χ1) is 8.31. The second-order valence-electron chi connectivity index (χ2n) is 4.75. The monoisotopic (exact) mass is 254 g/mol. The molecule has 1 atom stereocenters. The van der Waals surface area contributed by atoms with Crippen LogP contribution in [0.3, 0.4) is 0 Å². The molecule has 1 heterocycles. The van der Waals surface area contributed by atoms with Crippen LogP contribution in [0, 0.1) is 0 Å². The van der Waals surface area contributed by atoms with Crippen molar-refractivity contribution < 1.29 is 9.84 Å². The Morgan fingerprint density at radius 2 is 2.18 bits per heavy atom. The highest BCUT2D eigenvalue weighted by Crippen LogP contribution is 2.32. The van der Waals surface area contributed by atoms with Crippen molar-refractivity contribution in [2.24, 2.45) is 0 Å². The SMILES string of the molecule is CCCOCC(O)c1cc2c(s1)CCCCC2. The summed E-state index contributed by atoms with van der Waals surface area (Å²) in [7, 11) is 0. The van der Waals surface area contributed by atoms with Gasteiger partial charge in [0.15, 0.2) is 0 Å². The number of hydrogen-bond donors (Lipinski definition) is 1. The molecule has 1 unspecified atom stereocenters. The highest BCUT2D eigenvalue weighted by molar-refractivity contribution is 7.12. The van der Waals surface area contributed by atoms with E-state index in [4.69, 9.17) is 4.74 Å². The molecule has 0 aliphatic heterocycles. The van der Waals surface area contributed by atoms with Crippen molar-refractivity contribution >= 4 is 11.3 Å². The van der Waals surface area contributed by atoms with Gasteiger partial charge in [0, 0.05) is 16.4 Å². The molecule has 0 radical (unpaired) electrons. The van der Waals surface area contributed by atoms with E-state index < -0.39 is 6.10 Å². The molecule has 2 rings (SSSR count). The van der Waals surface area contributed by atoms with Gasteiger partial charge >= 0.3 is 0 Å². The highest BCUT2D eigenvalue weighted by Gasteiger charge is 2.16. The largest absolute Gasteiger partial charge is 0.385 e. The molecule has 0 fully saturated rings. The molecule has 17 heavy (non-hydrogen) atoms. The molecule has 0 aromatic carbocycles. The van der Waals surface area contributed by atoms with Crippen LogP contribution in [0.25, 0.3) is 0 Å². The van der Waals surface area contributed by atoms with Crippen LogP contribution < -0.4 is 0 Å². The fourth-order valence-corrected chi connectivity index (χ4v) is 3.50. The predicted octanol–water partition coefficient (Wildman–Crippen LogP) is 3.48. The van der Waals surface area contributed by atoms with Crippen LogP contribution in [0.5, 0.6) is 0 Å². The number of ether oxygens (including phenoxy) is 1. The Morgan fingerprint density at radius 1 is 1.35 bits per heavy atom. The predicted molar refractivity (Wildman–Crippen MR) is 71.6 cm³/mol. The van der Waals surface area contributed by atoms with E-state index in [9.17, 15) is 5.11 Å². The number of aliphatic hydroxyl groups is 1. The van der Waals surface area contributed by atoms with Crippen molar-refractivity contribution in [1.82, 2.24) is 0 Å². The van der Waals surface area contributed by atoms with Crippen molar-refractivity contribution in [3.8, 4) is 0 Å². The van der Waals surface area contributed by atoms with Crippen LogP contribution in [-0.4, -0.2) is 18.3 Å². The Kier molecular flexibility index (Phi) is 5.01. The normalized spacial score (nSPS) is 17.5. The Morgan fingerprint density at radius 3 is 3.00 bits per heavy atom. The van der Waals surface area contributed by atoms with Gasteiger partial charge in [-0.1, -0.05) is 13.3 Å². The molecule has 0 saturated carbocycles. The van der Waals surface area contributed by atoms with E-state index in [1.54, 1.807) is 11.3 Å². The van der Waals surface area contributed by atoms with Crippen molar-refractivity contribution in [1.29, 1.82) is 0 Å². The molecule has 1 aliphatic carbocycles. The average Bonchev–Trinajstić information content (AvgIpc) is 2.61. The minimum absolute atomic E-state index is 0.432. The number of aryl methyl sites for hydroxylation is 2. The third-order valence-electron chi connectivity index (χ3n) is 3.22. The maximum Gasteiger partial charge on any atom is 0.111 e. The summed E-state index contributed by atoms with van der Waals surface area (Å²) in [4.78, 5) is 2.58. The maximum atomic E-state index is 10.1. The van der Waals surface area contributed by atoms with Crippen LogP contribution in [0.15, 0.2) is 6.07 Å². The molecule has 1 aromatic heterocycles. The highest BCUT2D eigenvalue weighted by atomic mass is 32.1. The molecule has 1 aromatic rings. The fraction of sp³-hybridized carbons (Fsp3) is 0.714. The lowest BCUT2D eigenvalue weighted by Crippen LogP contribution is -2.06. The number of hydrogen-bond acceptors (Lipinski definition) is 3. The van der Waals surface area contributed by atoms with E-state index in [1.807, 2.05) is 0 Å². The summed E-state index contributed by atoms with van der Waals surface area (Å²) in [5, 5.41) is 10.1. The Bertz CT molecular complexity index is 322. The quantitative estimate of drug-likeness (QED) is 0.644. The molecule has 1 aliphatic rings. The summed E-state index contributed by atoms with van der Waals surface area (Å²) in [5.74, 6) is 0. The minimum atomic E-state index is -0.432. The first kappa shape index (κ1) is 13.1. The lowest BCUT2D eigenvalue weighted by atomic mass is 10.1. The summed E-state index contributed by atoms with van der Waals surface area (Å²) in [6, 6.07) is 2.20. The number of rotatable bonds is 5. The standard InChI is InChI=1S/C14H22O2S/c1-2-8-16-10-12(15)14-9-11-6-4-3-5-7-13(11)17-14/h9,12,15H,2-8,10H2,1H3. The van der Waals surface area contributed by atoms with Crippen LogP contribution >= 0.6 is 11.3 Å². The molecular formula is C14H22O2S. The molecule has 2 nitrogen and oxygen atoms in total. The van der Waals surface area contributed by atoms with Crippen molar-refractivity contribution in [2.45, 2.75) is 51.6 Å². The zero-order valence-corrected chi connectivity index (χ0v) is 11.4. The van der Waals surface area contributed by atoms with Gasteiger partial charge in [0.1, 0.15) is 6.10 Å². The summed E-state index contributed by atoms with van der Waals surface area (Å²) in [6.45, 7) is 3.26. The molecule has 0 spiro atoms. The maximum absolute atomic E-state index is 10.1. The van der Waals surface area contributed by atoms with E-state index in [0.717, 1.165) is 17.9 Å². The zero-order valence-electron chi connectivity index (χ0n) is 10.6. The van der Waals surface area contributed by atoms with Crippen molar-refractivity contribution in [2.75, 3.05) is 13.2 Å². The molecule has 0 saturated heterocycles. The lowest BCUT2D eigenvalue weighted by Gasteiger charge is -2.08. The third-order valence-corrected chi connectivity index (χ3v) is 4.56. The first-order valence-electron chi connectivity index (χ1n) is 6.68. The van der Waals surface area contributed by atoms with E-state index in [2.05, 4.69) is 13.0 Å². The molecular weight excluding hydrogens is 232 g/mol. The van der Waals surface area contributed by atoms with Gasteiger partial charge in [-0.15, -0.1) is 11.3 Å². The topological polar surface area (TPSA) is 29.5 Å². The summed E-state index contributed by atoms with van der Waals surface area (Å²) < 4.78 is 5.41. The third kappa shape index (κ3) is 3.54. The average molecular weight is 254 g/mol. The molecule has 96 valence electrons. The van der Waals surface area contributed by atoms with E-state index in [-0.39, 0.29) is 0 Å². The second-order valence-corrected chi connectivity index (χ2v) is 5.92. The van der Waals surface area contributed by atoms with Crippen LogP contribution in [0.2, 0.25) is 0 Å². The van der Waals surface area contributed by atoms with Gasteiger partial charge in [-0.3, -0.25) is 0 Å². The first-order valence-corrected chi connectivity index (χ1v) is 7.50. The molecule has 1 N–H and O–H groups in total. The summed E-state index contributed by atoms with van der Waals surface area (Å²) in [6.07, 6.45) is 6.91. The number of thiophene rings is 1. The van der Waals surface area contributed by atoms with E-state index in [0.29, 0.717) is 6.61 Å². The van der Waals surface area contributed by atoms with Gasteiger partial charge in [-0.2, -0.15) is 0 Å². The number of fused-ring (bicyclic) bond motifs is 1. The van der Waals surface area contributed by atoms with Crippen molar-refractivity contribution in [3.05, 3.63) is 21.4 Å². The van der Waals surface area contributed by atoms with Gasteiger partial charge in [0.25, 0.3) is 0 Å². The van der Waals surface area contributed by atoms with Crippen LogP contribution in [-0.2, 0) is 17.6 Å². The number of aliphatic hydroxyl groups excluding tert-OH is 1. The van der Waals surface area contributed by atoms with Crippen molar-refractivity contribution in [3.63, 3.8) is 0 Å². The summed E-state index contributed by atoms with van der Waals surface area (Å²) in [5.41, 5.74) is 1.47. The van der Waals surface area contributed by atoms with Gasteiger partial charge < -0.3 is 9.84 Å². The van der Waals surface area contributed by atoms with Gasteiger partial charge in [-0.05, 0) is 43.7 Å². The molecule has 0 bridgehead atoms. The Labute approximate surface area is 108 Å².